The van der Waals surface area contributed by atoms with Crippen LogP contribution in [0.4, 0.5) is 5.69 Å². The molecule has 1 unspecified atom stereocenters. The minimum atomic E-state index is 0.179. The van der Waals surface area contributed by atoms with Gasteiger partial charge in [0, 0.05) is 25.3 Å². The number of aliphatic imine (C=N–C) groups is 1. The van der Waals surface area contributed by atoms with Crippen molar-refractivity contribution < 1.29 is 13.9 Å². The van der Waals surface area contributed by atoms with Gasteiger partial charge in [-0.2, -0.15) is 0 Å². The van der Waals surface area contributed by atoms with Gasteiger partial charge < -0.3 is 24.5 Å². The van der Waals surface area contributed by atoms with Gasteiger partial charge in [-0.15, -0.1) is 0 Å². The highest BCUT2D eigenvalue weighted by Crippen LogP contribution is 2.30. The topological polar surface area (TPSA) is 71.3 Å². The number of anilines is 1. The molecule has 1 fully saturated rings. The van der Waals surface area contributed by atoms with Crippen molar-refractivity contribution in [3.63, 3.8) is 0 Å². The molecule has 2 N–H and O–H groups in total. The van der Waals surface area contributed by atoms with Crippen LogP contribution in [-0.4, -0.2) is 51.3 Å². The Morgan fingerprint density at radius 3 is 2.69 bits per heavy atom. The molecule has 0 spiro atoms. The summed E-state index contributed by atoms with van der Waals surface area (Å²) in [5, 5.41) is 6.78. The largest absolute Gasteiger partial charge is 0.493 e. The lowest BCUT2D eigenvalue weighted by atomic mass is 10.1. The summed E-state index contributed by atoms with van der Waals surface area (Å²) in [5.74, 6) is 3.10. The van der Waals surface area contributed by atoms with Gasteiger partial charge in [-0.25, -0.2) is 0 Å². The second-order valence-electron chi connectivity index (χ2n) is 7.00. The summed E-state index contributed by atoms with van der Waals surface area (Å²) in [7, 11) is 3.41. The maximum Gasteiger partial charge on any atom is 0.195 e. The number of nitrogens with zero attached hydrogens (tertiary/aromatic N) is 2. The number of furan rings is 1. The first-order valence-electron chi connectivity index (χ1n) is 10.3. The van der Waals surface area contributed by atoms with E-state index in [2.05, 4.69) is 26.6 Å². The minimum Gasteiger partial charge on any atom is -0.493 e. The smallest absolute Gasteiger partial charge is 0.195 e. The lowest BCUT2D eigenvalue weighted by Gasteiger charge is -2.33. The van der Waals surface area contributed by atoms with Crippen LogP contribution in [0.1, 0.15) is 38.0 Å². The molecule has 158 valence electrons. The lowest BCUT2D eigenvalue weighted by Crippen LogP contribution is -2.42. The molecule has 1 aliphatic heterocycles. The molecule has 1 aromatic carbocycles. The van der Waals surface area contributed by atoms with Gasteiger partial charge in [0.15, 0.2) is 17.5 Å². The number of likely N-dealkylation sites (tertiary alicyclic amines) is 1. The maximum atomic E-state index is 5.73. The van der Waals surface area contributed by atoms with Gasteiger partial charge in [0.1, 0.15) is 5.76 Å². The van der Waals surface area contributed by atoms with Crippen LogP contribution in [0.15, 0.2) is 46.0 Å². The van der Waals surface area contributed by atoms with Gasteiger partial charge >= 0.3 is 0 Å². The lowest BCUT2D eigenvalue weighted by molar-refractivity contribution is 0.146. The van der Waals surface area contributed by atoms with Gasteiger partial charge in [0.25, 0.3) is 0 Å². The van der Waals surface area contributed by atoms with E-state index in [-0.39, 0.29) is 6.04 Å². The Morgan fingerprint density at radius 1 is 1.21 bits per heavy atom. The van der Waals surface area contributed by atoms with E-state index in [4.69, 9.17) is 13.9 Å². The van der Waals surface area contributed by atoms with Crippen LogP contribution in [0, 0.1) is 0 Å². The Hall–Kier alpha value is -2.67. The summed E-state index contributed by atoms with van der Waals surface area (Å²) in [6.45, 7) is 5.44. The van der Waals surface area contributed by atoms with E-state index in [0.29, 0.717) is 24.9 Å². The standard InChI is InChI=1S/C22H32N4O3/c1-4-28-20-11-10-17(15-21(20)27-3)25-22(23-2)24-16-18(19-9-8-14-29-19)26-12-6-5-7-13-26/h8-11,14-15,18H,4-7,12-13,16H2,1-3H3,(H2,23,24,25). The molecule has 2 heterocycles. The van der Waals surface area contributed by atoms with Crippen LogP contribution in [0.2, 0.25) is 0 Å². The number of hydrogen-bond donors (Lipinski definition) is 2. The van der Waals surface area contributed by atoms with Crippen LogP contribution < -0.4 is 20.1 Å². The highest BCUT2D eigenvalue weighted by Gasteiger charge is 2.24. The second-order valence-corrected chi connectivity index (χ2v) is 7.00. The van der Waals surface area contributed by atoms with Gasteiger partial charge in [-0.1, -0.05) is 6.42 Å². The molecule has 0 aliphatic carbocycles. The van der Waals surface area contributed by atoms with Crippen molar-refractivity contribution >= 4 is 11.6 Å². The number of ether oxygens (including phenoxy) is 2. The Balaban J connectivity index is 1.65. The molecule has 1 aliphatic rings. The predicted octanol–water partition coefficient (Wildman–Crippen LogP) is 3.90. The van der Waals surface area contributed by atoms with E-state index in [0.717, 1.165) is 30.3 Å². The number of benzene rings is 1. The second kappa shape index (κ2) is 10.8. The third kappa shape index (κ3) is 5.67. The number of methoxy groups -OCH3 is 1. The monoisotopic (exact) mass is 400 g/mol. The Morgan fingerprint density at radius 2 is 2.03 bits per heavy atom. The average Bonchev–Trinajstić information content (AvgIpc) is 3.29. The minimum absolute atomic E-state index is 0.179. The Kier molecular flexibility index (Phi) is 7.81. The van der Waals surface area contributed by atoms with E-state index in [1.54, 1.807) is 20.4 Å². The molecule has 0 amide bonds. The fraction of sp³-hybridized carbons (Fsp3) is 0.500. The number of guanidine groups is 1. The molecular formula is C22H32N4O3. The summed E-state index contributed by atoms with van der Waals surface area (Å²) < 4.78 is 16.8. The first-order chi connectivity index (χ1) is 14.2. The molecule has 0 bridgehead atoms. The molecule has 0 saturated carbocycles. The zero-order chi connectivity index (χ0) is 20.5. The fourth-order valence-corrected chi connectivity index (χ4v) is 3.65. The van der Waals surface area contributed by atoms with Gasteiger partial charge in [-0.3, -0.25) is 9.89 Å². The molecule has 29 heavy (non-hydrogen) atoms. The van der Waals surface area contributed by atoms with E-state index in [1.807, 2.05) is 31.2 Å². The molecule has 1 aromatic heterocycles. The van der Waals surface area contributed by atoms with Crippen LogP contribution >= 0.6 is 0 Å². The molecule has 0 radical (unpaired) electrons. The van der Waals surface area contributed by atoms with Crippen molar-refractivity contribution in [1.29, 1.82) is 0 Å². The van der Waals surface area contributed by atoms with Crippen molar-refractivity contribution in [3.8, 4) is 11.5 Å². The van der Waals surface area contributed by atoms with Crippen molar-refractivity contribution in [2.75, 3.05) is 45.7 Å². The quantitative estimate of drug-likeness (QED) is 0.517. The van der Waals surface area contributed by atoms with Crippen LogP contribution in [-0.2, 0) is 0 Å². The summed E-state index contributed by atoms with van der Waals surface area (Å²) >= 11 is 0. The van der Waals surface area contributed by atoms with Crippen LogP contribution in [0.25, 0.3) is 0 Å². The molecule has 1 atom stereocenters. The molecular weight excluding hydrogens is 368 g/mol. The van der Waals surface area contributed by atoms with E-state index < -0.39 is 0 Å². The predicted molar refractivity (Wildman–Crippen MR) is 116 cm³/mol. The first kappa shape index (κ1) is 21.0. The average molecular weight is 401 g/mol. The molecule has 3 rings (SSSR count). The first-order valence-corrected chi connectivity index (χ1v) is 10.3. The maximum absolute atomic E-state index is 5.73. The normalized spacial score (nSPS) is 16.3. The zero-order valence-corrected chi connectivity index (χ0v) is 17.6. The zero-order valence-electron chi connectivity index (χ0n) is 17.6. The SMILES string of the molecule is CCOc1ccc(NC(=NC)NCC(c2ccco2)N2CCCCC2)cc1OC. The summed E-state index contributed by atoms with van der Waals surface area (Å²) in [4.78, 5) is 6.86. The molecule has 7 nitrogen and oxygen atoms in total. The molecule has 1 saturated heterocycles. The number of piperidine rings is 1. The van der Waals surface area contributed by atoms with Gasteiger partial charge in [0.05, 0.1) is 26.0 Å². The van der Waals surface area contributed by atoms with Crippen molar-refractivity contribution in [2.24, 2.45) is 4.99 Å². The molecule has 7 heteroatoms. The van der Waals surface area contributed by atoms with E-state index >= 15 is 0 Å². The highest BCUT2D eigenvalue weighted by atomic mass is 16.5. The number of hydrogen-bond acceptors (Lipinski definition) is 5. The third-order valence-corrected chi connectivity index (χ3v) is 5.12. The fourth-order valence-electron chi connectivity index (χ4n) is 3.65. The van der Waals surface area contributed by atoms with Gasteiger partial charge in [-0.05, 0) is 57.1 Å². The molecule has 2 aromatic rings. The van der Waals surface area contributed by atoms with Crippen molar-refractivity contribution in [1.82, 2.24) is 10.2 Å². The van der Waals surface area contributed by atoms with Crippen molar-refractivity contribution in [2.45, 2.75) is 32.2 Å². The summed E-state index contributed by atoms with van der Waals surface area (Å²) in [5.41, 5.74) is 0.880. The summed E-state index contributed by atoms with van der Waals surface area (Å²) in [6, 6.07) is 9.94. The number of rotatable bonds is 8. The Bertz CT molecular complexity index is 770. The van der Waals surface area contributed by atoms with E-state index in [1.165, 1.54) is 19.3 Å². The summed E-state index contributed by atoms with van der Waals surface area (Å²) in [6.07, 6.45) is 5.51. The third-order valence-electron chi connectivity index (χ3n) is 5.12. The van der Waals surface area contributed by atoms with Crippen molar-refractivity contribution in [3.05, 3.63) is 42.4 Å². The highest BCUT2D eigenvalue weighted by molar-refractivity contribution is 5.93. The van der Waals surface area contributed by atoms with E-state index in [9.17, 15) is 0 Å². The van der Waals surface area contributed by atoms with Gasteiger partial charge in [0.2, 0.25) is 0 Å². The van der Waals surface area contributed by atoms with Crippen LogP contribution in [0.5, 0.6) is 11.5 Å². The number of nitrogens with one attached hydrogen (secondary N) is 2. The van der Waals surface area contributed by atoms with Crippen LogP contribution in [0.3, 0.4) is 0 Å². The Labute approximate surface area is 173 Å².